The molecule has 0 aromatic rings. The second-order valence-corrected chi connectivity index (χ2v) is 3.52. The van der Waals surface area contributed by atoms with Gasteiger partial charge >= 0.3 is 6.18 Å². The zero-order valence-electron chi connectivity index (χ0n) is 8.54. The van der Waals surface area contributed by atoms with Crippen LogP contribution in [0.4, 0.5) is 13.2 Å². The largest absolute Gasteiger partial charge is 0.405 e. The van der Waals surface area contributed by atoms with Crippen LogP contribution >= 0.6 is 0 Å². The predicted molar refractivity (Wildman–Crippen MR) is 49.4 cm³/mol. The molecular weight excluding hydrogens is 227 g/mol. The van der Waals surface area contributed by atoms with Gasteiger partial charge in [0.1, 0.15) is 12.1 Å². The summed E-state index contributed by atoms with van der Waals surface area (Å²) >= 11 is 0. The van der Waals surface area contributed by atoms with Gasteiger partial charge in [-0.05, 0) is 0 Å². The highest BCUT2D eigenvalue weighted by atomic mass is 19.4. The van der Waals surface area contributed by atoms with Gasteiger partial charge in [0.15, 0.2) is 0 Å². The van der Waals surface area contributed by atoms with E-state index < -0.39 is 30.7 Å². The van der Waals surface area contributed by atoms with Gasteiger partial charge in [0.25, 0.3) is 0 Å². The number of morpholine rings is 1. The van der Waals surface area contributed by atoms with E-state index in [0.29, 0.717) is 0 Å². The number of ether oxygens (including phenoxy) is 1. The van der Waals surface area contributed by atoms with E-state index in [0.717, 1.165) is 4.90 Å². The molecule has 4 N–H and O–H groups in total. The fourth-order valence-electron chi connectivity index (χ4n) is 1.69. The molecule has 0 aromatic heterocycles. The number of alkyl halides is 3. The highest BCUT2D eigenvalue weighted by molar-refractivity contribution is 5.80. The number of halogens is 3. The summed E-state index contributed by atoms with van der Waals surface area (Å²) < 4.78 is 42.8. The summed E-state index contributed by atoms with van der Waals surface area (Å²) in [6.45, 7) is -0.597. The molecule has 5 nitrogen and oxygen atoms in total. The molecule has 8 heteroatoms. The molecule has 1 saturated heterocycles. The van der Waals surface area contributed by atoms with Crippen molar-refractivity contribution in [1.82, 2.24) is 4.90 Å². The van der Waals surface area contributed by atoms with E-state index in [2.05, 4.69) is 0 Å². The van der Waals surface area contributed by atoms with Crippen molar-refractivity contribution in [2.24, 2.45) is 11.5 Å². The number of rotatable bonds is 3. The first kappa shape index (κ1) is 13.2. The van der Waals surface area contributed by atoms with Crippen LogP contribution in [0.5, 0.6) is 0 Å². The topological polar surface area (TPSA) is 81.6 Å². The maximum atomic E-state index is 12.6. The summed E-state index contributed by atoms with van der Waals surface area (Å²) in [6.07, 6.45) is -4.47. The van der Waals surface area contributed by atoms with Crippen LogP contribution in [0.15, 0.2) is 0 Å². The molecule has 16 heavy (non-hydrogen) atoms. The lowest BCUT2D eigenvalue weighted by Gasteiger charge is -2.39. The smallest absolute Gasteiger partial charge is 0.378 e. The van der Waals surface area contributed by atoms with Gasteiger partial charge in [-0.25, -0.2) is 0 Å². The molecule has 2 atom stereocenters. The molecule has 1 rings (SSSR count). The first-order chi connectivity index (χ1) is 7.38. The van der Waals surface area contributed by atoms with Crippen molar-refractivity contribution in [2.75, 3.05) is 26.3 Å². The third-order valence-corrected chi connectivity index (χ3v) is 2.50. The maximum Gasteiger partial charge on any atom is 0.405 e. The van der Waals surface area contributed by atoms with E-state index in [4.69, 9.17) is 16.2 Å². The maximum absolute atomic E-state index is 12.6. The van der Waals surface area contributed by atoms with E-state index in [1.54, 1.807) is 0 Å². The zero-order chi connectivity index (χ0) is 12.3. The number of nitrogens with zero attached hydrogens (tertiary/aromatic N) is 1. The average Bonchev–Trinajstić information content (AvgIpc) is 2.17. The van der Waals surface area contributed by atoms with Gasteiger partial charge in [0.05, 0.1) is 13.2 Å². The Labute approximate surface area is 90.5 Å². The van der Waals surface area contributed by atoms with Gasteiger partial charge in [0.2, 0.25) is 5.91 Å². The Morgan fingerprint density at radius 1 is 1.56 bits per heavy atom. The number of hydrogen-bond donors (Lipinski definition) is 2. The van der Waals surface area contributed by atoms with Crippen molar-refractivity contribution in [3.63, 3.8) is 0 Å². The van der Waals surface area contributed by atoms with Gasteiger partial charge in [-0.2, -0.15) is 13.2 Å². The average molecular weight is 241 g/mol. The Morgan fingerprint density at radius 2 is 2.19 bits per heavy atom. The standard InChI is InChI=1S/C8H14F3N3O2/c9-8(10,11)6(3-12)14-1-2-16-4-5(14)7(13)15/h5-6H,1-4,12H2,(H2,13,15). The number of carbonyl (C=O) groups is 1. The van der Waals surface area contributed by atoms with E-state index >= 15 is 0 Å². The minimum Gasteiger partial charge on any atom is -0.378 e. The van der Waals surface area contributed by atoms with Crippen LogP contribution in [0.3, 0.4) is 0 Å². The highest BCUT2D eigenvalue weighted by Gasteiger charge is 2.46. The second-order valence-electron chi connectivity index (χ2n) is 3.52. The summed E-state index contributed by atoms with van der Waals surface area (Å²) in [6, 6.07) is -2.92. The molecule has 1 heterocycles. The van der Waals surface area contributed by atoms with Gasteiger partial charge in [-0.1, -0.05) is 0 Å². The van der Waals surface area contributed by atoms with Crippen LogP contribution in [0, 0.1) is 0 Å². The minimum atomic E-state index is -4.47. The van der Waals surface area contributed by atoms with Crippen molar-refractivity contribution in [2.45, 2.75) is 18.3 Å². The lowest BCUT2D eigenvalue weighted by atomic mass is 10.1. The van der Waals surface area contributed by atoms with Crippen molar-refractivity contribution in [3.05, 3.63) is 0 Å². The van der Waals surface area contributed by atoms with Crippen LogP contribution in [0.25, 0.3) is 0 Å². The summed E-state index contributed by atoms with van der Waals surface area (Å²) in [5, 5.41) is 0. The predicted octanol–water partition coefficient (Wildman–Crippen LogP) is -0.938. The van der Waals surface area contributed by atoms with Crippen molar-refractivity contribution in [1.29, 1.82) is 0 Å². The fraction of sp³-hybridized carbons (Fsp3) is 0.875. The quantitative estimate of drug-likeness (QED) is 0.668. The molecule has 1 aliphatic rings. The van der Waals surface area contributed by atoms with Gasteiger partial charge in [-0.3, -0.25) is 9.69 Å². The lowest BCUT2D eigenvalue weighted by Crippen LogP contribution is -2.62. The monoisotopic (exact) mass is 241 g/mol. The van der Waals surface area contributed by atoms with E-state index in [9.17, 15) is 18.0 Å². The molecule has 1 aliphatic heterocycles. The van der Waals surface area contributed by atoms with Crippen LogP contribution in [0.1, 0.15) is 0 Å². The molecule has 0 radical (unpaired) electrons. The molecule has 0 aromatic carbocycles. The van der Waals surface area contributed by atoms with Crippen molar-refractivity contribution < 1.29 is 22.7 Å². The first-order valence-electron chi connectivity index (χ1n) is 4.77. The molecule has 0 bridgehead atoms. The molecule has 0 saturated carbocycles. The number of carbonyl (C=O) groups excluding carboxylic acids is 1. The molecule has 2 unspecified atom stereocenters. The van der Waals surface area contributed by atoms with Gasteiger partial charge < -0.3 is 16.2 Å². The van der Waals surface area contributed by atoms with E-state index in [1.807, 2.05) is 0 Å². The normalized spacial score (nSPS) is 25.4. The third kappa shape index (κ3) is 2.83. The Hall–Kier alpha value is -0.860. The Kier molecular flexibility index (Phi) is 4.11. The molecule has 1 fully saturated rings. The Bertz CT molecular complexity index is 259. The number of primary amides is 1. The lowest BCUT2D eigenvalue weighted by molar-refractivity contribution is -0.198. The fourth-order valence-corrected chi connectivity index (χ4v) is 1.69. The molecule has 1 amide bonds. The number of nitrogens with two attached hydrogens (primary N) is 2. The zero-order valence-corrected chi connectivity index (χ0v) is 8.54. The van der Waals surface area contributed by atoms with Gasteiger partial charge in [0, 0.05) is 13.1 Å². The second kappa shape index (κ2) is 4.98. The Balaban J connectivity index is 2.84. The van der Waals surface area contributed by atoms with E-state index in [-0.39, 0.29) is 19.8 Å². The first-order valence-corrected chi connectivity index (χ1v) is 4.77. The van der Waals surface area contributed by atoms with Crippen LogP contribution in [-0.4, -0.2) is 55.4 Å². The number of amides is 1. The summed E-state index contributed by atoms with van der Waals surface area (Å²) in [5.41, 5.74) is 10.1. The van der Waals surface area contributed by atoms with Crippen LogP contribution in [-0.2, 0) is 9.53 Å². The third-order valence-electron chi connectivity index (χ3n) is 2.50. The van der Waals surface area contributed by atoms with Crippen LogP contribution in [0.2, 0.25) is 0 Å². The summed E-state index contributed by atoms with van der Waals surface area (Å²) in [7, 11) is 0. The van der Waals surface area contributed by atoms with E-state index in [1.165, 1.54) is 0 Å². The minimum absolute atomic E-state index is 0.00498. The summed E-state index contributed by atoms with van der Waals surface area (Å²) in [5.74, 6) is -0.831. The van der Waals surface area contributed by atoms with Crippen molar-refractivity contribution in [3.8, 4) is 0 Å². The van der Waals surface area contributed by atoms with Crippen LogP contribution < -0.4 is 11.5 Å². The number of hydrogen-bond acceptors (Lipinski definition) is 4. The highest BCUT2D eigenvalue weighted by Crippen LogP contribution is 2.26. The molecule has 0 spiro atoms. The summed E-state index contributed by atoms with van der Waals surface area (Å²) in [4.78, 5) is 12.0. The molecular formula is C8H14F3N3O2. The Morgan fingerprint density at radius 3 is 2.62 bits per heavy atom. The molecule has 0 aliphatic carbocycles. The SMILES string of the molecule is NCC(N1CCOCC1C(N)=O)C(F)(F)F. The molecule has 94 valence electrons. The van der Waals surface area contributed by atoms with Gasteiger partial charge in [-0.15, -0.1) is 0 Å². The van der Waals surface area contributed by atoms with Crippen molar-refractivity contribution >= 4 is 5.91 Å².